The number of rotatable bonds is 1. The Bertz CT molecular complexity index is 1260. The minimum absolute atomic E-state index is 0.00344. The third-order valence-electron chi connectivity index (χ3n) is 5.64. The van der Waals surface area contributed by atoms with Gasteiger partial charge in [0.15, 0.2) is 11.0 Å². The first kappa shape index (κ1) is 16.7. The van der Waals surface area contributed by atoms with Gasteiger partial charge in [-0.25, -0.2) is 4.39 Å². The summed E-state index contributed by atoms with van der Waals surface area (Å²) in [5.74, 6) is -1.70. The van der Waals surface area contributed by atoms with Crippen LogP contribution >= 0.6 is 0 Å². The van der Waals surface area contributed by atoms with E-state index in [0.717, 1.165) is 12.1 Å². The number of para-hydroxylation sites is 1. The molecule has 2 aromatic carbocycles. The molecule has 1 aromatic heterocycles. The third kappa shape index (κ3) is 1.69. The number of halogens is 1. The smallest absolute Gasteiger partial charge is 0.291 e. The first-order valence-corrected chi connectivity index (χ1v) is 8.89. The van der Waals surface area contributed by atoms with Gasteiger partial charge >= 0.3 is 0 Å². The molecule has 0 saturated carbocycles. The fourth-order valence-electron chi connectivity index (χ4n) is 4.48. The second-order valence-corrected chi connectivity index (χ2v) is 6.92. The summed E-state index contributed by atoms with van der Waals surface area (Å²) in [6.07, 6.45) is 0. The zero-order valence-corrected chi connectivity index (χ0v) is 15.2. The van der Waals surface area contributed by atoms with Crippen LogP contribution in [0.2, 0.25) is 0 Å². The van der Waals surface area contributed by atoms with Crippen molar-refractivity contribution in [1.82, 2.24) is 4.90 Å². The van der Waals surface area contributed by atoms with Crippen molar-refractivity contribution < 1.29 is 18.4 Å². The summed E-state index contributed by atoms with van der Waals surface area (Å²) in [5, 5.41) is 0.00344. The lowest BCUT2D eigenvalue weighted by Gasteiger charge is -2.33. The van der Waals surface area contributed by atoms with Gasteiger partial charge in [-0.1, -0.05) is 18.2 Å². The molecule has 2 aliphatic rings. The molecule has 1 atom stereocenters. The summed E-state index contributed by atoms with van der Waals surface area (Å²) in [7, 11) is 1.61. The minimum atomic E-state index is -1.60. The summed E-state index contributed by atoms with van der Waals surface area (Å²) in [4.78, 5) is 42.9. The number of amides is 2. The number of carbonyl (C=O) groups is 2. The fourth-order valence-corrected chi connectivity index (χ4v) is 4.48. The highest BCUT2D eigenvalue weighted by atomic mass is 19.1. The van der Waals surface area contributed by atoms with E-state index in [0.29, 0.717) is 11.3 Å². The molecular weight excluding hydrogens is 363 g/mol. The average molecular weight is 378 g/mol. The van der Waals surface area contributed by atoms with Crippen LogP contribution in [0.1, 0.15) is 28.6 Å². The number of carbonyl (C=O) groups excluding carboxylic acids is 2. The van der Waals surface area contributed by atoms with Crippen molar-refractivity contribution in [3.05, 3.63) is 75.4 Å². The van der Waals surface area contributed by atoms with E-state index in [1.54, 1.807) is 38.2 Å². The number of fused-ring (bicyclic) bond motifs is 5. The van der Waals surface area contributed by atoms with E-state index in [4.69, 9.17) is 4.42 Å². The van der Waals surface area contributed by atoms with Crippen molar-refractivity contribution in [3.63, 3.8) is 0 Å². The lowest BCUT2D eigenvalue weighted by molar-refractivity contribution is -0.125. The molecule has 2 amide bonds. The van der Waals surface area contributed by atoms with Crippen molar-refractivity contribution in [2.75, 3.05) is 18.5 Å². The number of hydrogen-bond donors (Lipinski definition) is 0. The largest absolute Gasteiger partial charge is 0.450 e. The van der Waals surface area contributed by atoms with Crippen LogP contribution in [0.4, 0.5) is 10.1 Å². The fraction of sp³-hybridized carbons (Fsp3) is 0.190. The zero-order chi connectivity index (χ0) is 19.8. The highest BCUT2D eigenvalue weighted by Gasteiger charge is 2.64. The van der Waals surface area contributed by atoms with Gasteiger partial charge in [0.2, 0.25) is 5.76 Å². The third-order valence-corrected chi connectivity index (χ3v) is 5.64. The lowest BCUT2D eigenvalue weighted by atomic mass is 9.84. The molecule has 0 saturated heterocycles. The van der Waals surface area contributed by atoms with Gasteiger partial charge in [-0.2, -0.15) is 0 Å². The molecule has 0 fully saturated rings. The highest BCUT2D eigenvalue weighted by Crippen LogP contribution is 2.51. The Kier molecular flexibility index (Phi) is 3.15. The molecule has 140 valence electrons. The Hall–Kier alpha value is -3.48. The number of likely N-dealkylation sites (N-methyl/N-ethyl adjacent to an activating group) is 2. The lowest BCUT2D eigenvalue weighted by Crippen LogP contribution is -2.52. The quantitative estimate of drug-likeness (QED) is 0.653. The predicted octanol–water partition coefficient (Wildman–Crippen LogP) is 2.63. The van der Waals surface area contributed by atoms with Gasteiger partial charge in [-0.3, -0.25) is 14.4 Å². The molecule has 0 aliphatic carbocycles. The van der Waals surface area contributed by atoms with Crippen LogP contribution in [-0.4, -0.2) is 30.3 Å². The van der Waals surface area contributed by atoms with Gasteiger partial charge in [0.05, 0.1) is 10.9 Å². The maximum atomic E-state index is 13.8. The molecule has 2 aliphatic heterocycles. The van der Waals surface area contributed by atoms with Crippen molar-refractivity contribution in [3.8, 4) is 0 Å². The van der Waals surface area contributed by atoms with Crippen LogP contribution in [0, 0.1) is 5.82 Å². The zero-order valence-electron chi connectivity index (χ0n) is 15.2. The number of benzene rings is 2. The second-order valence-electron chi connectivity index (χ2n) is 6.92. The molecule has 3 aromatic rings. The highest BCUT2D eigenvalue weighted by molar-refractivity contribution is 6.16. The van der Waals surface area contributed by atoms with Crippen LogP contribution in [0.25, 0.3) is 11.0 Å². The number of anilines is 1. The summed E-state index contributed by atoms with van der Waals surface area (Å²) in [6.45, 7) is 1.94. The van der Waals surface area contributed by atoms with E-state index in [2.05, 4.69) is 0 Å². The average Bonchev–Trinajstić information content (AvgIpc) is 3.08. The van der Waals surface area contributed by atoms with Crippen molar-refractivity contribution >= 4 is 28.5 Å². The summed E-state index contributed by atoms with van der Waals surface area (Å²) >= 11 is 0. The Morgan fingerprint density at radius 3 is 2.61 bits per heavy atom. The second kappa shape index (κ2) is 5.28. The summed E-state index contributed by atoms with van der Waals surface area (Å²) in [5.41, 5.74) is -0.950. The maximum absolute atomic E-state index is 13.8. The van der Waals surface area contributed by atoms with Crippen molar-refractivity contribution in [2.45, 2.75) is 12.5 Å². The standard InChI is InChI=1S/C21H15FN2O4/c1-3-24-19(26)18-16(17(25)12-10-11(22)8-9-15(12)28-18)21(24)13-6-4-5-7-14(13)23(2)20(21)27/h4-10H,3H2,1-2H3. The molecule has 0 N–H and O–H groups in total. The SMILES string of the molecule is CCN1C(=O)c2oc3ccc(F)cc3c(=O)c2C12C(=O)N(C)c1ccccc12. The van der Waals surface area contributed by atoms with E-state index < -0.39 is 28.6 Å². The van der Waals surface area contributed by atoms with Gasteiger partial charge in [0.1, 0.15) is 11.4 Å². The molecule has 0 bridgehead atoms. The molecule has 5 rings (SSSR count). The van der Waals surface area contributed by atoms with Gasteiger partial charge in [-0.05, 0) is 31.2 Å². The maximum Gasteiger partial charge on any atom is 0.291 e. The Morgan fingerprint density at radius 2 is 1.86 bits per heavy atom. The molecule has 0 radical (unpaired) electrons. The first-order valence-electron chi connectivity index (χ1n) is 8.89. The number of nitrogens with zero attached hydrogens (tertiary/aromatic N) is 2. The number of hydrogen-bond acceptors (Lipinski definition) is 4. The van der Waals surface area contributed by atoms with Crippen LogP contribution in [0.5, 0.6) is 0 Å². The Balaban J connectivity index is 1.99. The minimum Gasteiger partial charge on any atom is -0.450 e. The molecule has 28 heavy (non-hydrogen) atoms. The predicted molar refractivity (Wildman–Crippen MR) is 99.8 cm³/mol. The molecule has 1 spiro atoms. The van der Waals surface area contributed by atoms with Gasteiger partial charge in [-0.15, -0.1) is 0 Å². The summed E-state index contributed by atoms with van der Waals surface area (Å²) in [6, 6.07) is 10.6. The van der Waals surface area contributed by atoms with E-state index >= 15 is 0 Å². The van der Waals surface area contributed by atoms with E-state index in [-0.39, 0.29) is 28.8 Å². The van der Waals surface area contributed by atoms with Crippen molar-refractivity contribution in [2.24, 2.45) is 0 Å². The molecule has 7 heteroatoms. The van der Waals surface area contributed by atoms with Crippen LogP contribution in [-0.2, 0) is 10.3 Å². The molecular formula is C21H15FN2O4. The topological polar surface area (TPSA) is 70.8 Å². The Morgan fingerprint density at radius 1 is 1.11 bits per heavy atom. The normalized spacial score (nSPS) is 20.4. The van der Waals surface area contributed by atoms with Gasteiger partial charge in [0, 0.05) is 24.8 Å². The van der Waals surface area contributed by atoms with E-state index in [1.807, 2.05) is 0 Å². The van der Waals surface area contributed by atoms with Crippen LogP contribution < -0.4 is 10.3 Å². The Labute approximate surface area is 158 Å². The van der Waals surface area contributed by atoms with Gasteiger partial charge in [0.25, 0.3) is 11.8 Å². The molecule has 1 unspecified atom stereocenters. The van der Waals surface area contributed by atoms with Crippen LogP contribution in [0.3, 0.4) is 0 Å². The summed E-state index contributed by atoms with van der Waals surface area (Å²) < 4.78 is 19.5. The molecule has 3 heterocycles. The first-order chi connectivity index (χ1) is 13.4. The molecule has 6 nitrogen and oxygen atoms in total. The van der Waals surface area contributed by atoms with Crippen LogP contribution in [0.15, 0.2) is 51.7 Å². The van der Waals surface area contributed by atoms with E-state index in [1.165, 1.54) is 15.9 Å². The monoisotopic (exact) mass is 378 g/mol. The van der Waals surface area contributed by atoms with Gasteiger partial charge < -0.3 is 14.2 Å². The van der Waals surface area contributed by atoms with E-state index in [9.17, 15) is 18.8 Å². The van der Waals surface area contributed by atoms with Crippen molar-refractivity contribution in [1.29, 1.82) is 0 Å².